The number of benzene rings is 1. The monoisotopic (exact) mass is 333 g/mol. The van der Waals surface area contributed by atoms with Crippen molar-refractivity contribution >= 4 is 26.0 Å². The highest BCUT2D eigenvalue weighted by atomic mass is 79.9. The van der Waals surface area contributed by atoms with Crippen LogP contribution in [0.1, 0.15) is 24.8 Å². The molecule has 1 aliphatic rings. The van der Waals surface area contributed by atoms with Crippen LogP contribution >= 0.6 is 15.9 Å². The van der Waals surface area contributed by atoms with Gasteiger partial charge in [-0.1, -0.05) is 15.9 Å². The summed E-state index contributed by atoms with van der Waals surface area (Å²) >= 11 is 3.31. The van der Waals surface area contributed by atoms with Crippen LogP contribution in [0, 0.1) is 6.92 Å². The molecule has 18 heavy (non-hydrogen) atoms. The first-order valence-electron chi connectivity index (χ1n) is 5.87. The van der Waals surface area contributed by atoms with Crippen LogP contribution in [0.3, 0.4) is 0 Å². The molecule has 100 valence electrons. The largest absolute Gasteiger partial charge is 0.391 e. The molecule has 1 saturated carbocycles. The van der Waals surface area contributed by atoms with E-state index in [0.29, 0.717) is 18.4 Å². The Hall–Kier alpha value is -0.430. The third-order valence-corrected chi connectivity index (χ3v) is 5.36. The molecule has 6 heteroatoms. The molecule has 1 fully saturated rings. The van der Waals surface area contributed by atoms with Crippen LogP contribution in [-0.4, -0.2) is 25.7 Å². The van der Waals surface area contributed by atoms with Crippen molar-refractivity contribution in [3.8, 4) is 0 Å². The van der Waals surface area contributed by atoms with Gasteiger partial charge in [0, 0.05) is 10.5 Å². The molecule has 0 amide bonds. The molecule has 0 aromatic heterocycles. The lowest BCUT2D eigenvalue weighted by molar-refractivity contribution is 0.159. The Morgan fingerprint density at radius 1 is 1.39 bits per heavy atom. The third-order valence-electron chi connectivity index (χ3n) is 3.21. The zero-order valence-corrected chi connectivity index (χ0v) is 12.5. The van der Waals surface area contributed by atoms with E-state index in [-0.39, 0.29) is 10.9 Å². The number of rotatable bonds is 3. The minimum atomic E-state index is -3.55. The second-order valence-corrected chi connectivity index (χ2v) is 7.23. The summed E-state index contributed by atoms with van der Waals surface area (Å²) in [5, 5.41) is 9.68. The summed E-state index contributed by atoms with van der Waals surface area (Å²) in [6, 6.07) is 4.67. The summed E-state index contributed by atoms with van der Waals surface area (Å²) in [6.45, 7) is 1.75. The molecule has 0 radical (unpaired) electrons. The highest BCUT2D eigenvalue weighted by molar-refractivity contribution is 9.10. The second-order valence-electron chi connectivity index (χ2n) is 4.64. The molecule has 4 nitrogen and oxygen atoms in total. The van der Waals surface area contributed by atoms with Crippen LogP contribution in [0.5, 0.6) is 0 Å². The molecule has 0 heterocycles. The minimum Gasteiger partial charge on any atom is -0.391 e. The van der Waals surface area contributed by atoms with Crippen molar-refractivity contribution in [1.29, 1.82) is 0 Å². The summed E-state index contributed by atoms with van der Waals surface area (Å²) < 4.78 is 27.9. The highest BCUT2D eigenvalue weighted by Crippen LogP contribution is 2.24. The molecular formula is C12H16BrNO3S. The van der Waals surface area contributed by atoms with E-state index >= 15 is 0 Å². The van der Waals surface area contributed by atoms with Crippen molar-refractivity contribution in [1.82, 2.24) is 4.72 Å². The molecule has 2 N–H and O–H groups in total. The lowest BCUT2D eigenvalue weighted by Crippen LogP contribution is -2.40. The van der Waals surface area contributed by atoms with Crippen LogP contribution < -0.4 is 4.72 Å². The number of hydrogen-bond donors (Lipinski definition) is 2. The summed E-state index contributed by atoms with van der Waals surface area (Å²) in [5.41, 5.74) is 0.685. The van der Waals surface area contributed by atoms with E-state index in [4.69, 9.17) is 0 Å². The van der Waals surface area contributed by atoms with Gasteiger partial charge in [0.05, 0.1) is 11.0 Å². The summed E-state index contributed by atoms with van der Waals surface area (Å²) in [5.74, 6) is 0. The van der Waals surface area contributed by atoms with Crippen molar-refractivity contribution < 1.29 is 13.5 Å². The Morgan fingerprint density at radius 3 is 2.67 bits per heavy atom. The standard InChI is InChI=1S/C12H16BrNO3S/c1-8-7-9(13)5-6-12(8)18(16,17)14-10-3-2-4-11(10)15/h5-7,10-11,14-15H,2-4H2,1H3. The molecule has 1 aromatic carbocycles. The number of aliphatic hydroxyl groups is 1. The van der Waals surface area contributed by atoms with Gasteiger partial charge in [-0.05, 0) is 49.9 Å². The lowest BCUT2D eigenvalue weighted by atomic mass is 10.2. The second kappa shape index (κ2) is 5.28. The van der Waals surface area contributed by atoms with Crippen molar-refractivity contribution in [2.75, 3.05) is 0 Å². The molecule has 1 aliphatic carbocycles. The molecule has 0 spiro atoms. The first-order chi connectivity index (χ1) is 8.40. The smallest absolute Gasteiger partial charge is 0.241 e. The third kappa shape index (κ3) is 2.93. The van der Waals surface area contributed by atoms with Crippen LogP contribution in [0.2, 0.25) is 0 Å². The van der Waals surface area contributed by atoms with E-state index in [1.807, 2.05) is 0 Å². The molecule has 1 aromatic rings. The topological polar surface area (TPSA) is 66.4 Å². The van der Waals surface area contributed by atoms with Crippen molar-refractivity contribution in [2.45, 2.75) is 43.2 Å². The summed E-state index contributed by atoms with van der Waals surface area (Å²) in [4.78, 5) is 0.268. The molecule has 2 unspecified atom stereocenters. The van der Waals surface area contributed by atoms with Gasteiger partial charge in [-0.2, -0.15) is 0 Å². The zero-order chi connectivity index (χ0) is 13.3. The van der Waals surface area contributed by atoms with E-state index in [0.717, 1.165) is 10.9 Å². The number of halogens is 1. The van der Waals surface area contributed by atoms with Gasteiger partial charge in [-0.15, -0.1) is 0 Å². The molecule has 0 saturated heterocycles. The number of aryl methyl sites for hydroxylation is 1. The van der Waals surface area contributed by atoms with Crippen molar-refractivity contribution in [2.24, 2.45) is 0 Å². The maximum absolute atomic E-state index is 12.2. The Labute approximate surface area is 116 Å². The normalized spacial score (nSPS) is 24.4. The van der Waals surface area contributed by atoms with Crippen LogP contribution in [0.25, 0.3) is 0 Å². The minimum absolute atomic E-state index is 0.268. The number of hydrogen-bond acceptors (Lipinski definition) is 3. The predicted octanol–water partition coefficient (Wildman–Crippen LogP) is 1.95. The molecule has 0 aliphatic heterocycles. The van der Waals surface area contributed by atoms with Gasteiger partial charge in [-0.25, -0.2) is 13.1 Å². The molecular weight excluding hydrogens is 318 g/mol. The van der Waals surface area contributed by atoms with Crippen LogP contribution in [0.4, 0.5) is 0 Å². The van der Waals surface area contributed by atoms with Gasteiger partial charge in [0.15, 0.2) is 0 Å². The van der Waals surface area contributed by atoms with E-state index in [1.54, 1.807) is 25.1 Å². The quantitative estimate of drug-likeness (QED) is 0.888. The van der Waals surface area contributed by atoms with Crippen molar-refractivity contribution in [3.05, 3.63) is 28.2 Å². The van der Waals surface area contributed by atoms with E-state index in [9.17, 15) is 13.5 Å². The van der Waals surface area contributed by atoms with Crippen LogP contribution in [-0.2, 0) is 10.0 Å². The van der Waals surface area contributed by atoms with Gasteiger partial charge in [-0.3, -0.25) is 0 Å². The zero-order valence-electron chi connectivity index (χ0n) is 10.1. The van der Waals surface area contributed by atoms with Gasteiger partial charge in [0.2, 0.25) is 10.0 Å². The Kier molecular flexibility index (Phi) is 4.11. The van der Waals surface area contributed by atoms with E-state index in [1.165, 1.54) is 0 Å². The van der Waals surface area contributed by atoms with Gasteiger partial charge in [0.1, 0.15) is 0 Å². The maximum Gasteiger partial charge on any atom is 0.241 e. The van der Waals surface area contributed by atoms with Gasteiger partial charge in [0.25, 0.3) is 0 Å². The fourth-order valence-corrected chi connectivity index (χ4v) is 4.26. The van der Waals surface area contributed by atoms with Gasteiger partial charge >= 0.3 is 0 Å². The molecule has 2 atom stereocenters. The summed E-state index contributed by atoms with van der Waals surface area (Å²) in [6.07, 6.45) is 1.63. The fraction of sp³-hybridized carbons (Fsp3) is 0.500. The summed E-state index contributed by atoms with van der Waals surface area (Å²) in [7, 11) is -3.55. The maximum atomic E-state index is 12.2. The average Bonchev–Trinajstić information content (AvgIpc) is 2.63. The van der Waals surface area contributed by atoms with Crippen molar-refractivity contribution in [3.63, 3.8) is 0 Å². The highest BCUT2D eigenvalue weighted by Gasteiger charge is 2.30. The number of nitrogens with one attached hydrogen (secondary N) is 1. The number of sulfonamides is 1. The number of aliphatic hydroxyl groups excluding tert-OH is 1. The first-order valence-corrected chi connectivity index (χ1v) is 8.14. The average molecular weight is 334 g/mol. The molecule has 0 bridgehead atoms. The first kappa shape index (κ1) is 14.0. The predicted molar refractivity (Wildman–Crippen MR) is 72.8 cm³/mol. The Balaban J connectivity index is 2.25. The Morgan fingerprint density at radius 2 is 2.11 bits per heavy atom. The van der Waals surface area contributed by atoms with E-state index in [2.05, 4.69) is 20.7 Å². The van der Waals surface area contributed by atoms with Crippen LogP contribution in [0.15, 0.2) is 27.6 Å². The molecule has 2 rings (SSSR count). The lowest BCUT2D eigenvalue weighted by Gasteiger charge is -2.17. The SMILES string of the molecule is Cc1cc(Br)ccc1S(=O)(=O)NC1CCCC1O. The van der Waals surface area contributed by atoms with Gasteiger partial charge < -0.3 is 5.11 Å². The van der Waals surface area contributed by atoms with E-state index < -0.39 is 16.1 Å². The Bertz CT molecular complexity index is 544. The fourth-order valence-electron chi connectivity index (χ4n) is 2.26.